The van der Waals surface area contributed by atoms with Crippen LogP contribution in [0.4, 0.5) is 17.1 Å². The van der Waals surface area contributed by atoms with Crippen molar-refractivity contribution in [3.63, 3.8) is 0 Å². The SMILES string of the molecule is Cc1ccc(N(c2ccccc2)c2ccc3c4cc5c6c(c4n(-c4ccccc4)c3c2)Oc2ccc3ccccc3c2B6c2c(ccc3ccccc23)O5)cc1. The van der Waals surface area contributed by atoms with Crippen molar-refractivity contribution in [1.82, 2.24) is 4.57 Å². The zero-order valence-electron chi connectivity index (χ0n) is 30.6. The van der Waals surface area contributed by atoms with Crippen molar-refractivity contribution >= 4 is 83.5 Å². The number of aryl methyl sites for hydroxylation is 1. The normalized spacial score (nSPS) is 12.6. The molecule has 2 aliphatic rings. The lowest BCUT2D eigenvalue weighted by molar-refractivity contribution is 0.468. The lowest BCUT2D eigenvalue weighted by Gasteiger charge is -2.35. The number of benzene rings is 9. The standard InChI is InChI=1S/C51H33BN2O2/c1-32-20-24-37(25-21-32)53(35-14-4-2-5-15-35)38-26-27-41-42-31-46-49-51(50(42)54(43(41)30-38)36-16-6-3-7-17-36)56-45-29-23-34-13-9-11-19-40(34)48(45)52(49)47-39-18-10-8-12-33(39)22-28-44(47)55-46/h2-31H,1H3. The highest BCUT2D eigenvalue weighted by molar-refractivity contribution is 7.01. The van der Waals surface area contributed by atoms with Gasteiger partial charge in [0.2, 0.25) is 0 Å². The van der Waals surface area contributed by atoms with Gasteiger partial charge in [-0.3, -0.25) is 0 Å². The fourth-order valence-electron chi connectivity index (χ4n) is 9.27. The highest BCUT2D eigenvalue weighted by atomic mass is 16.5. The van der Waals surface area contributed by atoms with Crippen molar-refractivity contribution in [2.24, 2.45) is 0 Å². The zero-order chi connectivity index (χ0) is 36.9. The fourth-order valence-corrected chi connectivity index (χ4v) is 9.27. The van der Waals surface area contributed by atoms with E-state index in [1.807, 2.05) is 0 Å². The molecule has 0 aliphatic carbocycles. The smallest absolute Gasteiger partial charge is 0.262 e. The lowest BCUT2D eigenvalue weighted by Crippen LogP contribution is -2.58. The summed E-state index contributed by atoms with van der Waals surface area (Å²) < 4.78 is 16.7. The summed E-state index contributed by atoms with van der Waals surface area (Å²) in [6, 6.07) is 65.1. The van der Waals surface area contributed by atoms with E-state index in [0.717, 1.165) is 73.0 Å². The van der Waals surface area contributed by atoms with E-state index in [4.69, 9.17) is 9.47 Å². The van der Waals surface area contributed by atoms with Gasteiger partial charge >= 0.3 is 0 Å². The van der Waals surface area contributed by atoms with Crippen LogP contribution < -0.4 is 30.8 Å². The van der Waals surface area contributed by atoms with Crippen LogP contribution in [-0.4, -0.2) is 11.3 Å². The largest absolute Gasteiger partial charge is 0.458 e. The van der Waals surface area contributed by atoms with Gasteiger partial charge in [-0.15, -0.1) is 0 Å². The molecule has 56 heavy (non-hydrogen) atoms. The third kappa shape index (κ3) is 4.49. The molecule has 2 aliphatic heterocycles. The van der Waals surface area contributed by atoms with Crippen molar-refractivity contribution in [2.75, 3.05) is 4.90 Å². The Kier molecular flexibility index (Phi) is 6.61. The maximum absolute atomic E-state index is 7.28. The average Bonchev–Trinajstić information content (AvgIpc) is 3.58. The summed E-state index contributed by atoms with van der Waals surface area (Å²) in [5, 5.41) is 6.97. The van der Waals surface area contributed by atoms with Crippen LogP contribution in [0.15, 0.2) is 182 Å². The lowest BCUT2D eigenvalue weighted by atomic mass is 9.33. The minimum atomic E-state index is -0.109. The molecule has 0 bridgehead atoms. The number of nitrogens with zero attached hydrogens (tertiary/aromatic N) is 2. The van der Waals surface area contributed by atoms with Crippen LogP contribution in [0, 0.1) is 6.92 Å². The molecule has 0 spiro atoms. The highest BCUT2D eigenvalue weighted by Gasteiger charge is 2.44. The van der Waals surface area contributed by atoms with E-state index in [2.05, 4.69) is 198 Å². The molecule has 0 fully saturated rings. The summed E-state index contributed by atoms with van der Waals surface area (Å²) in [5.41, 5.74) is 11.1. The molecule has 1 aromatic heterocycles. The van der Waals surface area contributed by atoms with Gasteiger partial charge < -0.3 is 18.9 Å². The molecule has 10 aromatic rings. The molecule has 12 rings (SSSR count). The molecule has 0 saturated heterocycles. The Morgan fingerprint density at radius 3 is 1.73 bits per heavy atom. The molecule has 0 atom stereocenters. The number of fused-ring (bicyclic) bond motifs is 12. The molecule has 0 saturated carbocycles. The number of anilines is 3. The van der Waals surface area contributed by atoms with Crippen LogP contribution in [0.1, 0.15) is 5.56 Å². The van der Waals surface area contributed by atoms with Crippen LogP contribution in [0.5, 0.6) is 23.0 Å². The van der Waals surface area contributed by atoms with Gasteiger partial charge in [-0.1, -0.05) is 121 Å². The predicted octanol–water partition coefficient (Wildman–Crippen LogP) is 11.6. The van der Waals surface area contributed by atoms with E-state index < -0.39 is 0 Å². The van der Waals surface area contributed by atoms with Gasteiger partial charge in [0.1, 0.15) is 17.2 Å². The Balaban J connectivity index is 1.19. The van der Waals surface area contributed by atoms with Crippen molar-refractivity contribution in [1.29, 1.82) is 0 Å². The van der Waals surface area contributed by atoms with Crippen molar-refractivity contribution < 1.29 is 9.47 Å². The van der Waals surface area contributed by atoms with Gasteiger partial charge in [-0.05, 0) is 106 Å². The summed E-state index contributed by atoms with van der Waals surface area (Å²) in [7, 11) is 0. The van der Waals surface area contributed by atoms with Crippen LogP contribution in [0.2, 0.25) is 0 Å². The number of rotatable bonds is 4. The van der Waals surface area contributed by atoms with Crippen LogP contribution in [0.3, 0.4) is 0 Å². The minimum absolute atomic E-state index is 0.109. The molecule has 262 valence electrons. The first kappa shape index (κ1) is 31.1. The summed E-state index contributed by atoms with van der Waals surface area (Å²) in [5.74, 6) is 3.43. The first-order valence-corrected chi connectivity index (χ1v) is 19.2. The highest BCUT2D eigenvalue weighted by Crippen LogP contribution is 2.47. The number of ether oxygens (including phenoxy) is 2. The van der Waals surface area contributed by atoms with E-state index in [-0.39, 0.29) is 6.71 Å². The van der Waals surface area contributed by atoms with Crippen molar-refractivity contribution in [3.8, 4) is 28.7 Å². The third-order valence-electron chi connectivity index (χ3n) is 11.7. The molecule has 0 amide bonds. The second kappa shape index (κ2) is 11.9. The molecule has 0 N–H and O–H groups in total. The van der Waals surface area contributed by atoms with E-state index in [0.29, 0.717) is 0 Å². The number of para-hydroxylation sites is 2. The van der Waals surface area contributed by atoms with E-state index in [9.17, 15) is 0 Å². The molecule has 9 aromatic carbocycles. The second-order valence-electron chi connectivity index (χ2n) is 14.9. The summed E-state index contributed by atoms with van der Waals surface area (Å²) in [6.45, 7) is 2.02. The summed E-state index contributed by atoms with van der Waals surface area (Å²) >= 11 is 0. The maximum atomic E-state index is 7.28. The van der Waals surface area contributed by atoms with Crippen LogP contribution in [0.25, 0.3) is 49.0 Å². The van der Waals surface area contributed by atoms with E-state index in [1.165, 1.54) is 38.0 Å². The average molecular weight is 717 g/mol. The number of hydrogen-bond acceptors (Lipinski definition) is 3. The molecule has 0 unspecified atom stereocenters. The Hall–Kier alpha value is -7.24. The van der Waals surface area contributed by atoms with Crippen molar-refractivity contribution in [2.45, 2.75) is 6.92 Å². The molecule has 3 heterocycles. The summed E-state index contributed by atoms with van der Waals surface area (Å²) in [4.78, 5) is 2.33. The van der Waals surface area contributed by atoms with Gasteiger partial charge in [0, 0.05) is 39.0 Å². The van der Waals surface area contributed by atoms with Gasteiger partial charge in [0.15, 0.2) is 5.75 Å². The maximum Gasteiger partial charge on any atom is 0.262 e. The van der Waals surface area contributed by atoms with Gasteiger partial charge in [-0.25, -0.2) is 0 Å². The Morgan fingerprint density at radius 2 is 1.04 bits per heavy atom. The Morgan fingerprint density at radius 1 is 0.446 bits per heavy atom. The van der Waals surface area contributed by atoms with E-state index >= 15 is 0 Å². The zero-order valence-corrected chi connectivity index (χ0v) is 30.6. The monoisotopic (exact) mass is 716 g/mol. The van der Waals surface area contributed by atoms with Gasteiger partial charge in [0.05, 0.1) is 11.0 Å². The van der Waals surface area contributed by atoms with Gasteiger partial charge in [0.25, 0.3) is 6.71 Å². The molecule has 5 heteroatoms. The summed E-state index contributed by atoms with van der Waals surface area (Å²) in [6.07, 6.45) is 0. The first-order chi connectivity index (χ1) is 27.7. The van der Waals surface area contributed by atoms with Crippen LogP contribution >= 0.6 is 0 Å². The number of aromatic nitrogens is 1. The van der Waals surface area contributed by atoms with Gasteiger partial charge in [-0.2, -0.15) is 0 Å². The minimum Gasteiger partial charge on any atom is -0.458 e. The molecule has 0 radical (unpaired) electrons. The Bertz CT molecular complexity index is 3160. The quantitative estimate of drug-likeness (QED) is 0.170. The first-order valence-electron chi connectivity index (χ1n) is 19.2. The third-order valence-corrected chi connectivity index (χ3v) is 11.7. The second-order valence-corrected chi connectivity index (χ2v) is 14.9. The predicted molar refractivity (Wildman–Crippen MR) is 233 cm³/mol. The van der Waals surface area contributed by atoms with Crippen molar-refractivity contribution in [3.05, 3.63) is 188 Å². The Labute approximate surface area is 324 Å². The molecular formula is C51H33BN2O2. The molecule has 4 nitrogen and oxygen atoms in total. The topological polar surface area (TPSA) is 26.6 Å². The van der Waals surface area contributed by atoms with E-state index in [1.54, 1.807) is 0 Å². The fraction of sp³-hybridized carbons (Fsp3) is 0.0196. The van der Waals surface area contributed by atoms with Crippen LogP contribution in [-0.2, 0) is 0 Å². The molecular weight excluding hydrogens is 683 g/mol. The number of hydrogen-bond donors (Lipinski definition) is 0.